The maximum atomic E-state index is 6.15. The first-order valence-electron chi connectivity index (χ1n) is 10.8. The van der Waals surface area contributed by atoms with Crippen LogP contribution in [0.15, 0.2) is 0 Å². The zero-order chi connectivity index (χ0) is 17.5. The van der Waals surface area contributed by atoms with Crippen LogP contribution < -0.4 is 5.32 Å². The third kappa shape index (κ3) is 6.67. The van der Waals surface area contributed by atoms with Crippen LogP contribution in [0.1, 0.15) is 79.6 Å². The molecular weight excluding hydrogens is 294 g/mol. The maximum Gasteiger partial charge on any atom is 0.0580 e. The van der Waals surface area contributed by atoms with Gasteiger partial charge in [-0.15, -0.1) is 0 Å². The van der Waals surface area contributed by atoms with Crippen LogP contribution in [0, 0.1) is 35.5 Å². The van der Waals surface area contributed by atoms with E-state index < -0.39 is 0 Å². The third-order valence-corrected chi connectivity index (χ3v) is 7.09. The van der Waals surface area contributed by atoms with E-state index in [0.29, 0.717) is 6.10 Å². The number of hydrogen-bond donors (Lipinski definition) is 1. The van der Waals surface area contributed by atoms with Gasteiger partial charge in [0.1, 0.15) is 0 Å². The summed E-state index contributed by atoms with van der Waals surface area (Å²) in [6.45, 7) is 15.6. The Morgan fingerprint density at radius 2 is 1.42 bits per heavy atom. The van der Waals surface area contributed by atoms with E-state index >= 15 is 0 Å². The first-order valence-corrected chi connectivity index (χ1v) is 10.8. The summed E-state index contributed by atoms with van der Waals surface area (Å²) < 4.78 is 6.15. The lowest BCUT2D eigenvalue weighted by atomic mass is 9.78. The molecule has 2 rings (SSSR count). The van der Waals surface area contributed by atoms with Crippen molar-refractivity contribution >= 4 is 0 Å². The fourth-order valence-electron chi connectivity index (χ4n) is 4.66. The second-order valence-corrected chi connectivity index (χ2v) is 9.46. The summed E-state index contributed by atoms with van der Waals surface area (Å²) in [6.07, 6.45) is 9.97. The molecule has 2 heteroatoms. The lowest BCUT2D eigenvalue weighted by molar-refractivity contribution is -0.0299. The molecule has 0 aromatic carbocycles. The Hall–Kier alpha value is -0.0800. The molecule has 2 aliphatic rings. The minimum Gasteiger partial charge on any atom is -0.378 e. The lowest BCUT2D eigenvalue weighted by Crippen LogP contribution is -2.31. The normalized spacial score (nSPS) is 30.2. The van der Waals surface area contributed by atoms with Crippen LogP contribution in [0.4, 0.5) is 0 Å². The maximum absolute atomic E-state index is 6.15. The van der Waals surface area contributed by atoms with Gasteiger partial charge < -0.3 is 10.1 Å². The van der Waals surface area contributed by atoms with Gasteiger partial charge in [-0.05, 0) is 93.5 Å². The molecule has 0 saturated carbocycles. The van der Waals surface area contributed by atoms with Gasteiger partial charge >= 0.3 is 0 Å². The van der Waals surface area contributed by atoms with Gasteiger partial charge in [-0.1, -0.05) is 34.6 Å². The van der Waals surface area contributed by atoms with E-state index in [1.807, 2.05) is 0 Å². The van der Waals surface area contributed by atoms with Gasteiger partial charge in [-0.2, -0.15) is 0 Å². The highest BCUT2D eigenvalue weighted by atomic mass is 16.5. The van der Waals surface area contributed by atoms with Crippen molar-refractivity contribution in [3.05, 3.63) is 0 Å². The van der Waals surface area contributed by atoms with Crippen molar-refractivity contribution in [1.29, 1.82) is 0 Å². The average molecular weight is 338 g/mol. The molecule has 0 aromatic heterocycles. The van der Waals surface area contributed by atoms with Crippen molar-refractivity contribution in [3.63, 3.8) is 0 Å². The Labute approximate surface area is 151 Å². The fraction of sp³-hybridized carbons (Fsp3) is 1.00. The van der Waals surface area contributed by atoms with Crippen LogP contribution in [0.2, 0.25) is 0 Å². The number of piperidine rings is 1. The van der Waals surface area contributed by atoms with Crippen LogP contribution in [0.3, 0.4) is 0 Å². The first kappa shape index (κ1) is 20.2. The van der Waals surface area contributed by atoms with Gasteiger partial charge in [0.25, 0.3) is 0 Å². The quantitative estimate of drug-likeness (QED) is 0.630. The second kappa shape index (κ2) is 10.2. The zero-order valence-corrected chi connectivity index (χ0v) is 17.0. The van der Waals surface area contributed by atoms with Gasteiger partial charge in [0.15, 0.2) is 0 Å². The summed E-state index contributed by atoms with van der Waals surface area (Å²) in [5.41, 5.74) is 0. The van der Waals surface area contributed by atoms with Crippen LogP contribution in [0.25, 0.3) is 0 Å². The molecular formula is C22H43NO. The van der Waals surface area contributed by atoms with Gasteiger partial charge in [-0.25, -0.2) is 0 Å². The number of ether oxygens (including phenoxy) is 1. The van der Waals surface area contributed by atoms with Crippen LogP contribution >= 0.6 is 0 Å². The van der Waals surface area contributed by atoms with Crippen molar-refractivity contribution in [2.75, 3.05) is 19.7 Å². The summed E-state index contributed by atoms with van der Waals surface area (Å²) >= 11 is 0. The fourth-order valence-corrected chi connectivity index (χ4v) is 4.66. The van der Waals surface area contributed by atoms with Gasteiger partial charge in [-0.3, -0.25) is 0 Å². The van der Waals surface area contributed by atoms with Crippen molar-refractivity contribution in [3.8, 4) is 0 Å². The van der Waals surface area contributed by atoms with E-state index in [9.17, 15) is 0 Å². The largest absolute Gasteiger partial charge is 0.378 e. The van der Waals surface area contributed by atoms with E-state index in [1.165, 1.54) is 58.0 Å². The molecule has 1 N–H and O–H groups in total. The topological polar surface area (TPSA) is 21.3 Å². The second-order valence-electron chi connectivity index (χ2n) is 9.46. The van der Waals surface area contributed by atoms with Crippen molar-refractivity contribution in [1.82, 2.24) is 5.32 Å². The molecule has 2 nitrogen and oxygen atoms in total. The Morgan fingerprint density at radius 3 is 2.08 bits per heavy atom. The minimum atomic E-state index is 0.522. The summed E-state index contributed by atoms with van der Waals surface area (Å²) in [5, 5.41) is 3.49. The van der Waals surface area contributed by atoms with E-state index in [4.69, 9.17) is 4.74 Å². The van der Waals surface area contributed by atoms with Crippen molar-refractivity contribution < 1.29 is 4.74 Å². The zero-order valence-electron chi connectivity index (χ0n) is 17.0. The Morgan fingerprint density at radius 1 is 0.792 bits per heavy atom. The highest BCUT2D eigenvalue weighted by Crippen LogP contribution is 2.34. The molecule has 142 valence electrons. The minimum absolute atomic E-state index is 0.522. The summed E-state index contributed by atoms with van der Waals surface area (Å²) in [6, 6.07) is 0. The Kier molecular flexibility index (Phi) is 8.57. The van der Waals surface area contributed by atoms with Crippen LogP contribution in [-0.2, 0) is 4.74 Å². The summed E-state index contributed by atoms with van der Waals surface area (Å²) in [5.74, 6) is 5.15. The summed E-state index contributed by atoms with van der Waals surface area (Å²) in [4.78, 5) is 0. The van der Waals surface area contributed by atoms with E-state index in [1.54, 1.807) is 0 Å². The molecule has 5 unspecified atom stereocenters. The van der Waals surface area contributed by atoms with Crippen LogP contribution in [-0.4, -0.2) is 25.8 Å². The predicted molar refractivity (Wildman–Crippen MR) is 104 cm³/mol. The molecule has 0 spiro atoms. The molecule has 5 atom stereocenters. The molecule has 0 aliphatic carbocycles. The van der Waals surface area contributed by atoms with Gasteiger partial charge in [0.2, 0.25) is 0 Å². The smallest absolute Gasteiger partial charge is 0.0580 e. The molecule has 0 radical (unpaired) electrons. The summed E-state index contributed by atoms with van der Waals surface area (Å²) in [7, 11) is 0. The standard InChI is InChI=1S/C22H43NO/c1-16(2)17(3)12-21-8-11-24-22(15-21)14-19(5)18(4)13-20-6-9-23-10-7-20/h16-23H,6-15H2,1-5H3. The molecule has 24 heavy (non-hydrogen) atoms. The van der Waals surface area contributed by atoms with Crippen LogP contribution in [0.5, 0.6) is 0 Å². The SMILES string of the molecule is CC(C)C(C)CC1CCOC(CC(C)C(C)CC2CCNCC2)C1. The lowest BCUT2D eigenvalue weighted by Gasteiger charge is -2.35. The van der Waals surface area contributed by atoms with Crippen molar-refractivity contribution in [2.24, 2.45) is 35.5 Å². The molecule has 2 fully saturated rings. The van der Waals surface area contributed by atoms with E-state index in [0.717, 1.165) is 42.1 Å². The van der Waals surface area contributed by atoms with E-state index in [-0.39, 0.29) is 0 Å². The highest BCUT2D eigenvalue weighted by molar-refractivity contribution is 4.79. The third-order valence-electron chi connectivity index (χ3n) is 7.09. The van der Waals surface area contributed by atoms with Gasteiger partial charge in [0.05, 0.1) is 6.10 Å². The predicted octanol–water partition coefficient (Wildman–Crippen LogP) is 5.52. The molecule has 2 heterocycles. The average Bonchev–Trinajstić information content (AvgIpc) is 2.56. The Balaban J connectivity index is 1.72. The molecule has 2 aliphatic heterocycles. The molecule has 0 aromatic rings. The highest BCUT2D eigenvalue weighted by Gasteiger charge is 2.28. The van der Waals surface area contributed by atoms with Crippen molar-refractivity contribution in [2.45, 2.75) is 85.7 Å². The number of rotatable bonds is 8. The monoisotopic (exact) mass is 337 g/mol. The van der Waals surface area contributed by atoms with Gasteiger partial charge in [0, 0.05) is 6.61 Å². The first-order chi connectivity index (χ1) is 11.5. The molecule has 0 bridgehead atoms. The molecule has 0 amide bonds. The number of hydrogen-bond acceptors (Lipinski definition) is 2. The Bertz CT molecular complexity index is 337. The number of nitrogens with one attached hydrogen (secondary N) is 1. The van der Waals surface area contributed by atoms with E-state index in [2.05, 4.69) is 39.9 Å². The molecule has 2 saturated heterocycles.